The van der Waals surface area contributed by atoms with Crippen molar-refractivity contribution in [3.8, 4) is 11.3 Å². The van der Waals surface area contributed by atoms with Gasteiger partial charge in [-0.1, -0.05) is 18.2 Å². The fraction of sp³-hybridized carbons (Fsp3) is 0.217. The van der Waals surface area contributed by atoms with E-state index in [1.807, 2.05) is 18.2 Å². The third-order valence-electron chi connectivity index (χ3n) is 5.59. The molecule has 2 aliphatic heterocycles. The number of thioether (sulfide) groups is 1. The van der Waals surface area contributed by atoms with Gasteiger partial charge in [-0.2, -0.15) is 0 Å². The lowest BCUT2D eigenvalue weighted by Gasteiger charge is -2.34. The highest BCUT2D eigenvalue weighted by Gasteiger charge is 2.25. The van der Waals surface area contributed by atoms with Crippen LogP contribution in [0.4, 0.5) is 10.5 Å². The first-order valence-electron chi connectivity index (χ1n) is 10.1. The number of carbonyl (C=O) groups excluding carboxylic acids is 2. The van der Waals surface area contributed by atoms with E-state index in [0.717, 1.165) is 65.7 Å². The monoisotopic (exact) mass is 431 g/mol. The maximum absolute atomic E-state index is 11.9. The standard InChI is InChI=1S/C23H21N5O2S/c1-27-7-9-28(10-8-27)17-4-2-3-16(13-17)21-18-11-15(5-6-19(18)24-14-25-21)12-20-22(29)26-23(30)31-20/h2-6,11-14H,7-10H2,1H3,(H,26,29,30). The maximum Gasteiger partial charge on any atom is 0.290 e. The minimum atomic E-state index is -0.362. The third-order valence-corrected chi connectivity index (χ3v) is 6.40. The van der Waals surface area contributed by atoms with Crippen molar-refractivity contribution in [2.75, 3.05) is 38.1 Å². The predicted octanol–water partition coefficient (Wildman–Crippen LogP) is 3.37. The number of benzene rings is 2. The Kier molecular flexibility index (Phi) is 5.17. The molecular formula is C23H21N5O2S. The number of hydrogen-bond acceptors (Lipinski definition) is 7. The van der Waals surface area contributed by atoms with Crippen LogP contribution in [-0.2, 0) is 4.79 Å². The zero-order valence-electron chi connectivity index (χ0n) is 17.0. The lowest BCUT2D eigenvalue weighted by molar-refractivity contribution is -0.115. The van der Waals surface area contributed by atoms with Crippen molar-refractivity contribution in [2.45, 2.75) is 0 Å². The van der Waals surface area contributed by atoms with Crippen LogP contribution in [0.5, 0.6) is 0 Å². The van der Waals surface area contributed by atoms with E-state index in [4.69, 9.17) is 0 Å². The van der Waals surface area contributed by atoms with Gasteiger partial charge in [0.05, 0.1) is 16.1 Å². The lowest BCUT2D eigenvalue weighted by atomic mass is 10.0. The van der Waals surface area contributed by atoms with Crippen molar-refractivity contribution in [1.29, 1.82) is 0 Å². The van der Waals surface area contributed by atoms with Crippen LogP contribution >= 0.6 is 11.8 Å². The highest BCUT2D eigenvalue weighted by molar-refractivity contribution is 8.18. The molecule has 156 valence electrons. The summed E-state index contributed by atoms with van der Waals surface area (Å²) in [5.41, 5.74) is 4.72. The highest BCUT2D eigenvalue weighted by atomic mass is 32.2. The Morgan fingerprint density at radius 3 is 2.65 bits per heavy atom. The fourth-order valence-electron chi connectivity index (χ4n) is 3.88. The lowest BCUT2D eigenvalue weighted by Crippen LogP contribution is -2.44. The first-order chi connectivity index (χ1) is 15.1. The number of nitrogens with zero attached hydrogens (tertiary/aromatic N) is 4. The molecule has 31 heavy (non-hydrogen) atoms. The summed E-state index contributed by atoms with van der Waals surface area (Å²) >= 11 is 0.914. The summed E-state index contributed by atoms with van der Waals surface area (Å²) < 4.78 is 0. The molecule has 0 aliphatic carbocycles. The molecule has 0 radical (unpaired) electrons. The topological polar surface area (TPSA) is 78.4 Å². The Morgan fingerprint density at radius 1 is 1.03 bits per heavy atom. The molecule has 0 spiro atoms. The zero-order valence-corrected chi connectivity index (χ0v) is 17.9. The van der Waals surface area contributed by atoms with Gasteiger partial charge in [0.1, 0.15) is 6.33 Å². The SMILES string of the molecule is CN1CCN(c2cccc(-c3ncnc4ccc(C=C5SC(=O)NC5=O)cc34)c2)CC1. The number of piperazine rings is 1. The van der Waals surface area contributed by atoms with Crippen LogP contribution in [-0.4, -0.2) is 59.2 Å². The Morgan fingerprint density at radius 2 is 1.87 bits per heavy atom. The molecule has 2 aliphatic rings. The summed E-state index contributed by atoms with van der Waals surface area (Å²) in [4.78, 5) is 37.5. The van der Waals surface area contributed by atoms with Gasteiger partial charge in [-0.05, 0) is 54.7 Å². The Bertz CT molecular complexity index is 1220. The number of imide groups is 1. The van der Waals surface area contributed by atoms with Gasteiger partial charge >= 0.3 is 0 Å². The van der Waals surface area contributed by atoms with Gasteiger partial charge in [0.2, 0.25) is 0 Å². The highest BCUT2D eigenvalue weighted by Crippen LogP contribution is 2.31. The minimum Gasteiger partial charge on any atom is -0.369 e. The van der Waals surface area contributed by atoms with Crippen molar-refractivity contribution in [3.05, 3.63) is 59.3 Å². The van der Waals surface area contributed by atoms with Gasteiger partial charge in [-0.15, -0.1) is 0 Å². The molecule has 2 fully saturated rings. The van der Waals surface area contributed by atoms with Crippen molar-refractivity contribution >= 4 is 45.6 Å². The number of carbonyl (C=O) groups is 2. The molecule has 0 saturated carbocycles. The molecular weight excluding hydrogens is 410 g/mol. The molecule has 0 unspecified atom stereocenters. The number of aromatic nitrogens is 2. The number of nitrogens with one attached hydrogen (secondary N) is 1. The van der Waals surface area contributed by atoms with Crippen LogP contribution in [0.3, 0.4) is 0 Å². The van der Waals surface area contributed by atoms with Gasteiger partial charge in [-0.25, -0.2) is 9.97 Å². The van der Waals surface area contributed by atoms with Gasteiger partial charge in [0, 0.05) is 42.8 Å². The third kappa shape index (κ3) is 4.04. The summed E-state index contributed by atoms with van der Waals surface area (Å²) in [5, 5.41) is 2.85. The maximum atomic E-state index is 11.9. The Hall–Kier alpha value is -3.23. The van der Waals surface area contributed by atoms with Crippen LogP contribution in [0.15, 0.2) is 53.7 Å². The van der Waals surface area contributed by atoms with E-state index in [2.05, 4.69) is 56.4 Å². The number of anilines is 1. The average molecular weight is 432 g/mol. The van der Waals surface area contributed by atoms with E-state index in [-0.39, 0.29) is 11.1 Å². The quantitative estimate of drug-likeness (QED) is 0.637. The molecule has 8 heteroatoms. The molecule has 2 aromatic carbocycles. The molecule has 1 aromatic heterocycles. The van der Waals surface area contributed by atoms with Gasteiger partial charge in [-0.3, -0.25) is 14.9 Å². The number of fused-ring (bicyclic) bond motifs is 1. The first-order valence-corrected chi connectivity index (χ1v) is 10.9. The zero-order chi connectivity index (χ0) is 21.4. The number of likely N-dealkylation sites (N-methyl/N-ethyl adjacent to an activating group) is 1. The van der Waals surface area contributed by atoms with Crippen molar-refractivity contribution < 1.29 is 9.59 Å². The summed E-state index contributed by atoms with van der Waals surface area (Å²) in [6.45, 7) is 4.10. The number of rotatable bonds is 3. The molecule has 3 heterocycles. The van der Waals surface area contributed by atoms with E-state index in [1.165, 1.54) is 5.69 Å². The van der Waals surface area contributed by atoms with Gasteiger partial charge in [0.25, 0.3) is 11.1 Å². The molecule has 2 amide bonds. The molecule has 5 rings (SSSR count). The first kappa shape index (κ1) is 19.7. The molecule has 0 bridgehead atoms. The summed E-state index contributed by atoms with van der Waals surface area (Å²) in [6.07, 6.45) is 3.30. The molecule has 1 N–H and O–H groups in total. The summed E-state index contributed by atoms with van der Waals surface area (Å²) in [7, 11) is 2.15. The van der Waals surface area contributed by atoms with Crippen LogP contribution < -0.4 is 10.2 Å². The predicted molar refractivity (Wildman–Crippen MR) is 124 cm³/mol. The van der Waals surface area contributed by atoms with Crippen molar-refractivity contribution in [1.82, 2.24) is 20.2 Å². The Balaban J connectivity index is 1.53. The van der Waals surface area contributed by atoms with E-state index in [0.29, 0.717) is 4.91 Å². The number of hydrogen-bond donors (Lipinski definition) is 1. The number of amides is 2. The van der Waals surface area contributed by atoms with E-state index >= 15 is 0 Å². The van der Waals surface area contributed by atoms with E-state index in [9.17, 15) is 9.59 Å². The fourth-order valence-corrected chi connectivity index (χ4v) is 4.56. The molecule has 2 saturated heterocycles. The van der Waals surface area contributed by atoms with Crippen LogP contribution in [0.1, 0.15) is 5.56 Å². The van der Waals surface area contributed by atoms with Gasteiger partial charge < -0.3 is 9.80 Å². The largest absolute Gasteiger partial charge is 0.369 e. The second kappa shape index (κ2) is 8.13. The van der Waals surface area contributed by atoms with Crippen LogP contribution in [0.25, 0.3) is 28.2 Å². The van der Waals surface area contributed by atoms with E-state index in [1.54, 1.807) is 12.4 Å². The summed E-state index contributed by atoms with van der Waals surface area (Å²) in [6, 6.07) is 14.2. The second-order valence-electron chi connectivity index (χ2n) is 7.69. The molecule has 3 aromatic rings. The average Bonchev–Trinajstić information content (AvgIpc) is 3.10. The van der Waals surface area contributed by atoms with Gasteiger partial charge in [0.15, 0.2) is 0 Å². The van der Waals surface area contributed by atoms with Crippen LogP contribution in [0.2, 0.25) is 0 Å². The van der Waals surface area contributed by atoms with Crippen molar-refractivity contribution in [3.63, 3.8) is 0 Å². The smallest absolute Gasteiger partial charge is 0.290 e. The molecule has 7 nitrogen and oxygen atoms in total. The van der Waals surface area contributed by atoms with E-state index < -0.39 is 0 Å². The molecule has 0 atom stereocenters. The summed E-state index contributed by atoms with van der Waals surface area (Å²) in [5.74, 6) is -0.362. The van der Waals surface area contributed by atoms with Crippen LogP contribution in [0, 0.1) is 0 Å². The second-order valence-corrected chi connectivity index (χ2v) is 8.71. The van der Waals surface area contributed by atoms with Crippen molar-refractivity contribution in [2.24, 2.45) is 0 Å². The minimum absolute atomic E-state index is 0.346. The Labute approximate surface area is 184 Å². The normalized spacial score (nSPS) is 18.7.